The second-order valence-electron chi connectivity index (χ2n) is 3.71. The third-order valence-electron chi connectivity index (χ3n) is 2.22. The van der Waals surface area contributed by atoms with Crippen LogP contribution in [0.5, 0.6) is 0 Å². The molecular weight excluding hydrogens is 170 g/mol. The fraction of sp³-hybridized carbons (Fsp3) is 0.308. The van der Waals surface area contributed by atoms with E-state index in [0.717, 1.165) is 5.69 Å². The van der Waals surface area contributed by atoms with Crippen LogP contribution in [0, 0.1) is 6.92 Å². The zero-order valence-electron chi connectivity index (χ0n) is 9.12. The molecule has 0 bridgehead atoms. The normalized spacial score (nSPS) is 11.1. The van der Waals surface area contributed by atoms with Gasteiger partial charge in [-0.3, -0.25) is 4.99 Å². The molecule has 1 rings (SSSR count). The number of rotatable bonds is 3. The molecule has 0 saturated heterocycles. The van der Waals surface area contributed by atoms with Crippen molar-refractivity contribution in [3.8, 4) is 0 Å². The molecule has 0 fully saturated rings. The zero-order valence-corrected chi connectivity index (χ0v) is 9.12. The fourth-order valence-corrected chi connectivity index (χ4v) is 1.26. The Morgan fingerprint density at radius 1 is 1.36 bits per heavy atom. The minimum absolute atomic E-state index is 0.549. The van der Waals surface area contributed by atoms with Crippen molar-refractivity contribution in [2.75, 3.05) is 0 Å². The second kappa shape index (κ2) is 4.75. The molecule has 14 heavy (non-hydrogen) atoms. The lowest BCUT2D eigenvalue weighted by Gasteiger charge is -2.07. The maximum absolute atomic E-state index is 4.32. The van der Waals surface area contributed by atoms with E-state index in [2.05, 4.69) is 50.5 Å². The molecule has 0 aliphatic rings. The number of benzene rings is 1. The van der Waals surface area contributed by atoms with Gasteiger partial charge in [-0.25, -0.2) is 0 Å². The smallest absolute Gasteiger partial charge is 0.0661 e. The Bertz CT molecular complexity index is 348. The van der Waals surface area contributed by atoms with Crippen molar-refractivity contribution >= 4 is 11.9 Å². The van der Waals surface area contributed by atoms with E-state index < -0.39 is 0 Å². The first kappa shape index (κ1) is 10.7. The molecule has 0 heterocycles. The van der Waals surface area contributed by atoms with Crippen molar-refractivity contribution in [1.29, 1.82) is 0 Å². The molecule has 74 valence electrons. The van der Waals surface area contributed by atoms with Gasteiger partial charge in [0.05, 0.1) is 5.69 Å². The van der Waals surface area contributed by atoms with Crippen LogP contribution in [-0.4, -0.2) is 6.21 Å². The lowest BCUT2D eigenvalue weighted by molar-refractivity contribution is 0.866. The first-order valence-corrected chi connectivity index (χ1v) is 4.90. The van der Waals surface area contributed by atoms with Gasteiger partial charge in [0.1, 0.15) is 0 Å². The summed E-state index contributed by atoms with van der Waals surface area (Å²) in [6.07, 6.45) is 3.42. The Balaban J connectivity index is 3.08. The SMILES string of the molecule is C=CC=Nc1cc(C(C)C)ccc1C. The van der Waals surface area contributed by atoms with Gasteiger partial charge in [-0.05, 0) is 30.0 Å². The number of allylic oxidation sites excluding steroid dienone is 1. The van der Waals surface area contributed by atoms with Crippen LogP contribution in [-0.2, 0) is 0 Å². The van der Waals surface area contributed by atoms with Gasteiger partial charge in [0.2, 0.25) is 0 Å². The molecule has 1 heteroatoms. The summed E-state index contributed by atoms with van der Waals surface area (Å²) in [4.78, 5) is 4.32. The predicted molar refractivity (Wildman–Crippen MR) is 63.6 cm³/mol. The van der Waals surface area contributed by atoms with Crippen molar-refractivity contribution in [1.82, 2.24) is 0 Å². The van der Waals surface area contributed by atoms with Gasteiger partial charge in [0.15, 0.2) is 0 Å². The molecule has 0 amide bonds. The maximum atomic E-state index is 4.32. The molecule has 1 aromatic carbocycles. The van der Waals surface area contributed by atoms with Gasteiger partial charge in [0, 0.05) is 6.21 Å². The van der Waals surface area contributed by atoms with E-state index in [1.165, 1.54) is 11.1 Å². The Kier molecular flexibility index (Phi) is 3.63. The molecule has 0 saturated carbocycles. The number of aliphatic imine (C=N–C) groups is 1. The van der Waals surface area contributed by atoms with Crippen LogP contribution in [0.2, 0.25) is 0 Å². The van der Waals surface area contributed by atoms with Crippen molar-refractivity contribution in [2.45, 2.75) is 26.7 Å². The average molecular weight is 187 g/mol. The van der Waals surface area contributed by atoms with E-state index in [-0.39, 0.29) is 0 Å². The molecule has 0 atom stereocenters. The van der Waals surface area contributed by atoms with Gasteiger partial charge >= 0.3 is 0 Å². The largest absolute Gasteiger partial charge is 0.257 e. The molecule has 0 aromatic heterocycles. The molecule has 0 aliphatic heterocycles. The van der Waals surface area contributed by atoms with Crippen LogP contribution in [0.15, 0.2) is 35.8 Å². The number of hydrogen-bond donors (Lipinski definition) is 0. The summed E-state index contributed by atoms with van der Waals surface area (Å²) in [5, 5.41) is 0. The summed E-state index contributed by atoms with van der Waals surface area (Å²) in [7, 11) is 0. The highest BCUT2D eigenvalue weighted by molar-refractivity contribution is 5.74. The van der Waals surface area contributed by atoms with E-state index in [1.807, 2.05) is 0 Å². The molecular formula is C13H17N. The number of hydrogen-bond acceptors (Lipinski definition) is 1. The molecule has 0 radical (unpaired) electrons. The van der Waals surface area contributed by atoms with Gasteiger partial charge < -0.3 is 0 Å². The summed E-state index contributed by atoms with van der Waals surface area (Å²) in [5.41, 5.74) is 3.57. The van der Waals surface area contributed by atoms with Crippen LogP contribution in [0.3, 0.4) is 0 Å². The summed E-state index contributed by atoms with van der Waals surface area (Å²) in [6, 6.07) is 6.41. The lowest BCUT2D eigenvalue weighted by Crippen LogP contribution is -1.87. The van der Waals surface area contributed by atoms with Gasteiger partial charge in [0.25, 0.3) is 0 Å². The van der Waals surface area contributed by atoms with Crippen LogP contribution in [0.1, 0.15) is 30.9 Å². The highest BCUT2D eigenvalue weighted by atomic mass is 14.7. The third kappa shape index (κ3) is 2.56. The lowest BCUT2D eigenvalue weighted by atomic mass is 10.0. The minimum Gasteiger partial charge on any atom is -0.257 e. The third-order valence-corrected chi connectivity index (χ3v) is 2.22. The van der Waals surface area contributed by atoms with E-state index >= 15 is 0 Å². The maximum Gasteiger partial charge on any atom is 0.0661 e. The van der Waals surface area contributed by atoms with Crippen LogP contribution in [0.25, 0.3) is 0 Å². The Labute approximate surface area is 86.2 Å². The first-order valence-electron chi connectivity index (χ1n) is 4.90. The molecule has 1 aromatic rings. The monoisotopic (exact) mass is 187 g/mol. The van der Waals surface area contributed by atoms with Crippen molar-refractivity contribution in [3.63, 3.8) is 0 Å². The van der Waals surface area contributed by atoms with Gasteiger partial charge in [-0.2, -0.15) is 0 Å². The van der Waals surface area contributed by atoms with Crippen LogP contribution >= 0.6 is 0 Å². The summed E-state index contributed by atoms with van der Waals surface area (Å²) in [6.45, 7) is 10.1. The standard InChI is InChI=1S/C13H17N/c1-5-8-14-13-9-12(10(2)3)7-6-11(13)4/h5-10H,1H2,2-4H3. The molecule has 0 N–H and O–H groups in total. The van der Waals surface area contributed by atoms with Crippen molar-refractivity contribution in [3.05, 3.63) is 42.0 Å². The molecule has 0 spiro atoms. The Morgan fingerprint density at radius 3 is 2.64 bits per heavy atom. The highest BCUT2D eigenvalue weighted by Crippen LogP contribution is 2.24. The first-order chi connectivity index (χ1) is 6.65. The van der Waals surface area contributed by atoms with E-state index in [1.54, 1.807) is 12.3 Å². The zero-order chi connectivity index (χ0) is 10.6. The quantitative estimate of drug-likeness (QED) is 0.634. The summed E-state index contributed by atoms with van der Waals surface area (Å²) in [5.74, 6) is 0.549. The van der Waals surface area contributed by atoms with Crippen LogP contribution < -0.4 is 0 Å². The molecule has 0 unspecified atom stereocenters. The van der Waals surface area contributed by atoms with E-state index in [0.29, 0.717) is 5.92 Å². The predicted octanol–water partition coefficient (Wildman–Crippen LogP) is 4.01. The Hall–Kier alpha value is -1.37. The average Bonchev–Trinajstić information content (AvgIpc) is 2.16. The summed E-state index contributed by atoms with van der Waals surface area (Å²) < 4.78 is 0. The highest BCUT2D eigenvalue weighted by Gasteiger charge is 2.01. The van der Waals surface area contributed by atoms with Gasteiger partial charge in [-0.15, -0.1) is 0 Å². The van der Waals surface area contributed by atoms with Gasteiger partial charge in [-0.1, -0.05) is 38.6 Å². The topological polar surface area (TPSA) is 12.4 Å². The number of aryl methyl sites for hydroxylation is 1. The van der Waals surface area contributed by atoms with Crippen LogP contribution in [0.4, 0.5) is 5.69 Å². The number of nitrogens with zero attached hydrogens (tertiary/aromatic N) is 1. The van der Waals surface area contributed by atoms with E-state index in [9.17, 15) is 0 Å². The van der Waals surface area contributed by atoms with E-state index in [4.69, 9.17) is 0 Å². The van der Waals surface area contributed by atoms with Crippen molar-refractivity contribution < 1.29 is 0 Å². The Morgan fingerprint density at radius 2 is 2.07 bits per heavy atom. The molecule has 0 aliphatic carbocycles. The summed E-state index contributed by atoms with van der Waals surface area (Å²) >= 11 is 0. The minimum atomic E-state index is 0.549. The second-order valence-corrected chi connectivity index (χ2v) is 3.71. The molecule has 1 nitrogen and oxygen atoms in total. The fourth-order valence-electron chi connectivity index (χ4n) is 1.26. The van der Waals surface area contributed by atoms with Crippen molar-refractivity contribution in [2.24, 2.45) is 4.99 Å².